The normalized spacial score (nSPS) is 14.1. The number of aromatic nitrogens is 5. The molecule has 9 nitrogen and oxygen atoms in total. The maximum Gasteiger partial charge on any atom is 0.330 e. The Labute approximate surface area is 203 Å². The van der Waals surface area contributed by atoms with E-state index < -0.39 is 0 Å². The summed E-state index contributed by atoms with van der Waals surface area (Å²) in [5, 5.41) is 9.78. The highest BCUT2D eigenvalue weighted by atomic mass is 16.5. The fourth-order valence-corrected chi connectivity index (χ4v) is 4.04. The number of anilines is 1. The second kappa shape index (κ2) is 9.81. The molecule has 1 aliphatic heterocycles. The fraction of sp³-hybridized carbons (Fsp3) is 0.269. The molecule has 0 radical (unpaired) electrons. The van der Waals surface area contributed by atoms with E-state index in [1.807, 2.05) is 49.4 Å². The van der Waals surface area contributed by atoms with Crippen LogP contribution in [-0.4, -0.2) is 45.1 Å². The predicted molar refractivity (Wildman–Crippen MR) is 133 cm³/mol. The molecule has 0 spiro atoms. The number of nitriles is 1. The lowest BCUT2D eigenvalue weighted by Crippen LogP contribution is -2.31. The molecule has 0 unspecified atom stereocenters. The van der Waals surface area contributed by atoms with E-state index in [1.165, 1.54) is 13.5 Å². The van der Waals surface area contributed by atoms with Crippen molar-refractivity contribution in [3.8, 4) is 23.8 Å². The minimum Gasteiger partial charge on any atom is -0.467 e. The minimum absolute atomic E-state index is 0.159. The number of fused-ring (bicyclic) bond motifs is 1. The van der Waals surface area contributed by atoms with Crippen molar-refractivity contribution in [3.05, 3.63) is 59.4 Å². The van der Waals surface area contributed by atoms with Crippen LogP contribution in [0.4, 0.5) is 5.95 Å². The van der Waals surface area contributed by atoms with Gasteiger partial charge in [0, 0.05) is 13.1 Å². The smallest absolute Gasteiger partial charge is 0.330 e. The van der Waals surface area contributed by atoms with Gasteiger partial charge >= 0.3 is 12.0 Å². The molecule has 0 saturated carbocycles. The first-order valence-electron chi connectivity index (χ1n) is 11.5. The van der Waals surface area contributed by atoms with Crippen LogP contribution < -0.4 is 14.4 Å². The number of allylic oxidation sites excluding steroid dienone is 1. The minimum atomic E-state index is 0.159. The fourth-order valence-electron chi connectivity index (χ4n) is 4.04. The quantitative estimate of drug-likeness (QED) is 0.398. The summed E-state index contributed by atoms with van der Waals surface area (Å²) >= 11 is 0. The summed E-state index contributed by atoms with van der Waals surface area (Å²) in [6, 6.07) is 15.9. The van der Waals surface area contributed by atoms with Crippen LogP contribution in [0.5, 0.6) is 17.8 Å². The molecule has 0 atom stereocenters. The van der Waals surface area contributed by atoms with Gasteiger partial charge in [0.25, 0.3) is 0 Å². The molecule has 0 aliphatic carbocycles. The summed E-state index contributed by atoms with van der Waals surface area (Å²) in [7, 11) is 1.52. The van der Waals surface area contributed by atoms with Gasteiger partial charge in [-0.2, -0.15) is 15.2 Å². The molecule has 9 heteroatoms. The SMILES string of the molecule is COc1nc(Oc2cccc(C=C(C#N)c3nc4ccc(C)cc4[nH]3)c2)nc(N2CCCCC2)n1. The van der Waals surface area contributed by atoms with Crippen LogP contribution in [0.3, 0.4) is 0 Å². The third-order valence-corrected chi connectivity index (χ3v) is 5.80. The number of aromatic amines is 1. The molecule has 1 saturated heterocycles. The Hall–Kier alpha value is -4.45. The number of methoxy groups -OCH3 is 1. The van der Waals surface area contributed by atoms with E-state index in [-0.39, 0.29) is 12.0 Å². The van der Waals surface area contributed by atoms with Crippen LogP contribution in [0.15, 0.2) is 42.5 Å². The maximum atomic E-state index is 9.78. The number of hydrogen-bond donors (Lipinski definition) is 1. The van der Waals surface area contributed by atoms with Gasteiger partial charge in [0.05, 0.1) is 23.7 Å². The van der Waals surface area contributed by atoms with Crippen LogP contribution in [0.25, 0.3) is 22.7 Å². The zero-order valence-corrected chi connectivity index (χ0v) is 19.7. The molecular weight excluding hydrogens is 442 g/mol. The van der Waals surface area contributed by atoms with Gasteiger partial charge in [0.2, 0.25) is 5.95 Å². The molecule has 1 aliphatic rings. The molecule has 2 aromatic carbocycles. The number of piperidine rings is 1. The number of ether oxygens (including phenoxy) is 2. The zero-order valence-electron chi connectivity index (χ0n) is 19.7. The standard InChI is InChI=1S/C26H25N7O2/c1-17-9-10-21-22(13-17)29-23(28-21)19(16-27)14-18-7-6-8-20(15-18)35-26-31-24(30-25(32-26)34-2)33-11-4-3-5-12-33/h6-10,13-15H,3-5,11-12H2,1-2H3,(H,28,29). The molecule has 1 N–H and O–H groups in total. The Bertz CT molecular complexity index is 1430. The summed E-state index contributed by atoms with van der Waals surface area (Å²) in [4.78, 5) is 23.1. The molecule has 5 rings (SSSR count). The highest BCUT2D eigenvalue weighted by Crippen LogP contribution is 2.26. The maximum absolute atomic E-state index is 9.78. The highest BCUT2D eigenvalue weighted by Gasteiger charge is 2.17. The number of H-pyrrole nitrogens is 1. The van der Waals surface area contributed by atoms with Gasteiger partial charge in [0.15, 0.2) is 0 Å². The lowest BCUT2D eigenvalue weighted by molar-refractivity contribution is 0.358. The summed E-state index contributed by atoms with van der Waals surface area (Å²) in [6.45, 7) is 3.81. The summed E-state index contributed by atoms with van der Waals surface area (Å²) in [5.74, 6) is 1.61. The summed E-state index contributed by atoms with van der Waals surface area (Å²) in [6.07, 6.45) is 5.18. The lowest BCUT2D eigenvalue weighted by atomic mass is 10.1. The molecule has 3 heterocycles. The van der Waals surface area contributed by atoms with Crippen molar-refractivity contribution in [1.29, 1.82) is 5.26 Å². The average Bonchev–Trinajstić information content (AvgIpc) is 3.31. The molecule has 1 fully saturated rings. The number of nitrogens with one attached hydrogen (secondary N) is 1. The number of hydrogen-bond acceptors (Lipinski definition) is 8. The average molecular weight is 468 g/mol. The van der Waals surface area contributed by atoms with Gasteiger partial charge < -0.3 is 19.4 Å². The Kier molecular flexibility index (Phi) is 6.26. The van der Waals surface area contributed by atoms with Gasteiger partial charge in [-0.15, -0.1) is 4.98 Å². The van der Waals surface area contributed by atoms with E-state index in [2.05, 4.69) is 35.9 Å². The first kappa shape index (κ1) is 22.3. The van der Waals surface area contributed by atoms with Crippen LogP contribution >= 0.6 is 0 Å². The predicted octanol–water partition coefficient (Wildman–Crippen LogP) is 4.91. The van der Waals surface area contributed by atoms with Crippen LogP contribution in [-0.2, 0) is 0 Å². The molecule has 0 bridgehead atoms. The van der Waals surface area contributed by atoms with Crippen molar-refractivity contribution in [3.63, 3.8) is 0 Å². The molecule has 2 aromatic heterocycles. The third kappa shape index (κ3) is 5.06. The largest absolute Gasteiger partial charge is 0.467 e. The molecule has 176 valence electrons. The van der Waals surface area contributed by atoms with Crippen molar-refractivity contribution < 1.29 is 9.47 Å². The Morgan fingerprint density at radius 1 is 1.03 bits per heavy atom. The Morgan fingerprint density at radius 3 is 2.66 bits per heavy atom. The van der Waals surface area contributed by atoms with Gasteiger partial charge in [-0.25, -0.2) is 4.98 Å². The lowest BCUT2D eigenvalue weighted by Gasteiger charge is -2.26. The monoisotopic (exact) mass is 467 g/mol. The van der Waals surface area contributed by atoms with E-state index >= 15 is 0 Å². The summed E-state index contributed by atoms with van der Waals surface area (Å²) < 4.78 is 11.2. The summed E-state index contributed by atoms with van der Waals surface area (Å²) in [5.41, 5.74) is 4.04. The highest BCUT2D eigenvalue weighted by molar-refractivity contribution is 5.90. The van der Waals surface area contributed by atoms with E-state index in [9.17, 15) is 5.26 Å². The van der Waals surface area contributed by atoms with Crippen LogP contribution in [0.2, 0.25) is 0 Å². The van der Waals surface area contributed by atoms with E-state index in [4.69, 9.17) is 9.47 Å². The first-order valence-corrected chi connectivity index (χ1v) is 11.5. The van der Waals surface area contributed by atoms with Crippen molar-refractivity contribution >= 4 is 28.6 Å². The van der Waals surface area contributed by atoms with Crippen LogP contribution in [0, 0.1) is 18.3 Å². The molecule has 35 heavy (non-hydrogen) atoms. The number of rotatable bonds is 6. The third-order valence-electron chi connectivity index (χ3n) is 5.80. The van der Waals surface area contributed by atoms with E-state index in [1.54, 1.807) is 6.08 Å². The van der Waals surface area contributed by atoms with Crippen molar-refractivity contribution in [2.24, 2.45) is 0 Å². The van der Waals surface area contributed by atoms with Gasteiger partial charge in [-0.1, -0.05) is 18.2 Å². The molecule has 0 amide bonds. The van der Waals surface area contributed by atoms with Gasteiger partial charge in [-0.05, 0) is 67.7 Å². The van der Waals surface area contributed by atoms with Crippen molar-refractivity contribution in [2.75, 3.05) is 25.1 Å². The second-order valence-electron chi connectivity index (χ2n) is 8.40. The number of imidazole rings is 1. The molecule has 4 aromatic rings. The Morgan fingerprint density at radius 2 is 1.86 bits per heavy atom. The Balaban J connectivity index is 1.41. The number of benzene rings is 2. The topological polar surface area (TPSA) is 113 Å². The van der Waals surface area contributed by atoms with Crippen LogP contribution in [0.1, 0.15) is 36.2 Å². The van der Waals surface area contributed by atoms with Crippen molar-refractivity contribution in [1.82, 2.24) is 24.9 Å². The van der Waals surface area contributed by atoms with E-state index in [0.29, 0.717) is 23.1 Å². The molecular formula is C26H25N7O2. The van der Waals surface area contributed by atoms with Gasteiger partial charge in [0.1, 0.15) is 17.6 Å². The second-order valence-corrected chi connectivity index (χ2v) is 8.40. The van der Waals surface area contributed by atoms with E-state index in [0.717, 1.165) is 48.1 Å². The van der Waals surface area contributed by atoms with Crippen molar-refractivity contribution in [2.45, 2.75) is 26.2 Å². The zero-order chi connectivity index (χ0) is 24.2. The number of aryl methyl sites for hydroxylation is 1. The van der Waals surface area contributed by atoms with Gasteiger partial charge in [-0.3, -0.25) is 0 Å². The first-order chi connectivity index (χ1) is 17.1. The number of nitrogens with zero attached hydrogens (tertiary/aromatic N) is 6.